The Morgan fingerprint density at radius 3 is 2.55 bits per heavy atom. The van der Waals surface area contributed by atoms with Crippen molar-refractivity contribution >= 4 is 40.9 Å². The van der Waals surface area contributed by atoms with Crippen molar-refractivity contribution in [2.75, 3.05) is 18.6 Å². The second-order valence-electron chi connectivity index (χ2n) is 7.39. The molecular weight excluding hydrogens is 453 g/mol. The van der Waals surface area contributed by atoms with E-state index < -0.39 is 11.6 Å². The first kappa shape index (κ1) is 25.5. The molecule has 0 aliphatic carbocycles. The Morgan fingerprint density at radius 2 is 1.87 bits per heavy atom. The van der Waals surface area contributed by atoms with Crippen LogP contribution in [0.15, 0.2) is 42.5 Å². The molecule has 1 unspecified atom stereocenters. The van der Waals surface area contributed by atoms with Gasteiger partial charge in [0, 0.05) is 15.8 Å². The van der Waals surface area contributed by atoms with Gasteiger partial charge in [-0.3, -0.25) is 4.79 Å². The van der Waals surface area contributed by atoms with Gasteiger partial charge in [0.15, 0.2) is 5.60 Å². The van der Waals surface area contributed by atoms with E-state index in [2.05, 4.69) is 16.9 Å². The van der Waals surface area contributed by atoms with Crippen molar-refractivity contribution in [3.05, 3.63) is 58.1 Å². The highest BCUT2D eigenvalue weighted by atomic mass is 35.5. The topological polar surface area (TPSA) is 70.3 Å². The van der Waals surface area contributed by atoms with Gasteiger partial charge in [0.25, 0.3) is 0 Å². The SMILES string of the molecule is COC(=O)CC(O)(C#N)CSCCCCCCc1c(Cl)cc(Cl)cc1-c1ccccc1. The van der Waals surface area contributed by atoms with Crippen molar-refractivity contribution in [2.45, 2.75) is 44.1 Å². The molecule has 0 radical (unpaired) electrons. The van der Waals surface area contributed by atoms with E-state index in [9.17, 15) is 9.90 Å². The molecule has 1 N–H and O–H groups in total. The average Bonchev–Trinajstić information content (AvgIpc) is 2.76. The van der Waals surface area contributed by atoms with Gasteiger partial charge in [0.05, 0.1) is 19.6 Å². The van der Waals surface area contributed by atoms with Gasteiger partial charge in [-0.2, -0.15) is 17.0 Å². The van der Waals surface area contributed by atoms with Crippen LogP contribution in [0.1, 0.15) is 37.7 Å². The van der Waals surface area contributed by atoms with Crippen molar-refractivity contribution in [1.29, 1.82) is 5.26 Å². The lowest BCUT2D eigenvalue weighted by molar-refractivity contribution is -0.143. The van der Waals surface area contributed by atoms with Crippen LogP contribution in [0.5, 0.6) is 0 Å². The molecule has 2 aromatic rings. The fourth-order valence-corrected chi connectivity index (χ4v) is 4.91. The van der Waals surface area contributed by atoms with Gasteiger partial charge in [0.1, 0.15) is 0 Å². The zero-order chi connectivity index (χ0) is 22.7. The van der Waals surface area contributed by atoms with Crippen LogP contribution < -0.4 is 0 Å². The lowest BCUT2D eigenvalue weighted by Gasteiger charge is -2.18. The first-order chi connectivity index (χ1) is 14.9. The predicted molar refractivity (Wildman–Crippen MR) is 129 cm³/mol. The maximum Gasteiger partial charge on any atom is 0.309 e. The number of carbonyl (C=O) groups is 1. The van der Waals surface area contributed by atoms with Crippen LogP contribution in [-0.4, -0.2) is 35.3 Å². The summed E-state index contributed by atoms with van der Waals surface area (Å²) in [6.07, 6.45) is 4.65. The summed E-state index contributed by atoms with van der Waals surface area (Å²) in [5, 5.41) is 20.6. The van der Waals surface area contributed by atoms with E-state index in [4.69, 9.17) is 28.5 Å². The Labute approximate surface area is 198 Å². The van der Waals surface area contributed by atoms with Gasteiger partial charge in [-0.15, -0.1) is 0 Å². The second kappa shape index (κ2) is 13.0. The fraction of sp³-hybridized carbons (Fsp3) is 0.417. The normalized spacial score (nSPS) is 12.7. The number of methoxy groups -OCH3 is 1. The predicted octanol–water partition coefficient (Wildman–Crippen LogP) is 6.31. The number of aliphatic hydroxyl groups is 1. The summed E-state index contributed by atoms with van der Waals surface area (Å²) in [5.74, 6) is 0.432. The molecule has 2 aromatic carbocycles. The minimum absolute atomic E-state index is 0.194. The van der Waals surface area contributed by atoms with E-state index in [-0.39, 0.29) is 12.2 Å². The number of unbranched alkanes of at least 4 members (excludes halogenated alkanes) is 3. The Kier molecular flexibility index (Phi) is 10.7. The van der Waals surface area contributed by atoms with Crippen molar-refractivity contribution < 1.29 is 14.6 Å². The smallest absolute Gasteiger partial charge is 0.309 e. The summed E-state index contributed by atoms with van der Waals surface area (Å²) >= 11 is 14.2. The van der Waals surface area contributed by atoms with E-state index >= 15 is 0 Å². The van der Waals surface area contributed by atoms with Gasteiger partial charge < -0.3 is 9.84 Å². The number of nitrogens with zero attached hydrogens (tertiary/aromatic N) is 1. The summed E-state index contributed by atoms with van der Waals surface area (Å²) in [6, 6.07) is 15.7. The van der Waals surface area contributed by atoms with Gasteiger partial charge in [-0.05, 0) is 53.8 Å². The van der Waals surface area contributed by atoms with E-state index in [0.717, 1.165) is 54.5 Å². The molecule has 0 aromatic heterocycles. The number of rotatable bonds is 12. The standard InChI is InChI=1S/C24H27Cl2NO3S/c1-30-23(28)15-24(29,16-27)17-31-12-8-3-2-7-11-20-21(13-19(25)14-22(20)26)18-9-5-4-6-10-18/h4-6,9-10,13-14,29H,2-3,7-8,11-12,15,17H2,1H3. The van der Waals surface area contributed by atoms with E-state index in [1.807, 2.05) is 30.3 Å². The lowest BCUT2D eigenvalue weighted by atomic mass is 9.95. The third kappa shape index (κ3) is 8.38. The van der Waals surface area contributed by atoms with Crippen molar-refractivity contribution in [3.8, 4) is 17.2 Å². The molecule has 4 nitrogen and oxygen atoms in total. The monoisotopic (exact) mass is 479 g/mol. The zero-order valence-corrected chi connectivity index (χ0v) is 19.9. The number of thioether (sulfide) groups is 1. The average molecular weight is 480 g/mol. The Bertz CT molecular complexity index is 902. The number of nitriles is 1. The minimum atomic E-state index is -1.67. The molecule has 0 spiro atoms. The molecule has 0 aliphatic heterocycles. The molecule has 0 bridgehead atoms. The van der Waals surface area contributed by atoms with Crippen molar-refractivity contribution in [3.63, 3.8) is 0 Å². The number of hydrogen-bond acceptors (Lipinski definition) is 5. The Hall–Kier alpha value is -1.71. The zero-order valence-electron chi connectivity index (χ0n) is 17.6. The van der Waals surface area contributed by atoms with Gasteiger partial charge in [-0.1, -0.05) is 66.4 Å². The molecule has 1 atom stereocenters. The molecule has 31 heavy (non-hydrogen) atoms. The molecule has 0 amide bonds. The number of ether oxygens (including phenoxy) is 1. The van der Waals surface area contributed by atoms with Gasteiger partial charge in [-0.25, -0.2) is 0 Å². The molecule has 0 saturated carbocycles. The third-order valence-electron chi connectivity index (χ3n) is 4.92. The number of esters is 1. The first-order valence-electron chi connectivity index (χ1n) is 10.2. The molecule has 7 heteroatoms. The molecule has 0 saturated heterocycles. The molecule has 2 rings (SSSR count). The van der Waals surface area contributed by atoms with Gasteiger partial charge in [0.2, 0.25) is 0 Å². The molecular formula is C24H27Cl2NO3S. The Morgan fingerprint density at radius 1 is 1.16 bits per heavy atom. The van der Waals surface area contributed by atoms with Crippen LogP contribution in [0.25, 0.3) is 11.1 Å². The number of benzene rings is 2. The van der Waals surface area contributed by atoms with Crippen molar-refractivity contribution in [2.24, 2.45) is 0 Å². The maximum atomic E-state index is 11.3. The van der Waals surface area contributed by atoms with Crippen molar-refractivity contribution in [1.82, 2.24) is 0 Å². The van der Waals surface area contributed by atoms with Crippen LogP contribution in [0, 0.1) is 11.3 Å². The van der Waals surface area contributed by atoms with E-state index in [1.165, 1.54) is 18.9 Å². The Balaban J connectivity index is 1.76. The quantitative estimate of drug-likeness (QED) is 0.219. The molecule has 166 valence electrons. The van der Waals surface area contributed by atoms with Crippen LogP contribution in [0.2, 0.25) is 10.0 Å². The summed E-state index contributed by atoms with van der Waals surface area (Å²) in [6.45, 7) is 0. The van der Waals surface area contributed by atoms with E-state index in [1.54, 1.807) is 6.07 Å². The largest absolute Gasteiger partial charge is 0.469 e. The first-order valence-corrected chi connectivity index (χ1v) is 12.1. The summed E-state index contributed by atoms with van der Waals surface area (Å²) in [5.41, 5.74) is 1.63. The maximum absolute atomic E-state index is 11.3. The highest BCUT2D eigenvalue weighted by Crippen LogP contribution is 2.34. The van der Waals surface area contributed by atoms with E-state index in [0.29, 0.717) is 10.0 Å². The summed E-state index contributed by atoms with van der Waals surface area (Å²) in [4.78, 5) is 11.3. The molecule has 0 aliphatic rings. The summed E-state index contributed by atoms with van der Waals surface area (Å²) < 4.78 is 4.53. The molecule has 0 heterocycles. The summed E-state index contributed by atoms with van der Waals surface area (Å²) in [7, 11) is 1.24. The number of hydrogen-bond donors (Lipinski definition) is 1. The van der Waals surface area contributed by atoms with Crippen LogP contribution >= 0.6 is 35.0 Å². The third-order valence-corrected chi connectivity index (χ3v) is 6.74. The fourth-order valence-electron chi connectivity index (χ4n) is 3.27. The second-order valence-corrected chi connectivity index (χ2v) is 9.34. The lowest BCUT2D eigenvalue weighted by Crippen LogP contribution is -2.33. The van der Waals surface area contributed by atoms with Gasteiger partial charge >= 0.3 is 5.97 Å². The highest BCUT2D eigenvalue weighted by molar-refractivity contribution is 7.99. The number of halogens is 2. The highest BCUT2D eigenvalue weighted by Gasteiger charge is 2.30. The number of carbonyl (C=O) groups excluding carboxylic acids is 1. The minimum Gasteiger partial charge on any atom is -0.469 e. The van der Waals surface area contributed by atoms with Crippen LogP contribution in [0.3, 0.4) is 0 Å². The van der Waals surface area contributed by atoms with Crippen LogP contribution in [-0.2, 0) is 16.0 Å². The molecule has 0 fully saturated rings. The van der Waals surface area contributed by atoms with Crippen LogP contribution in [0.4, 0.5) is 0 Å².